The van der Waals surface area contributed by atoms with Crippen molar-refractivity contribution in [2.24, 2.45) is 5.92 Å². The van der Waals surface area contributed by atoms with Crippen LogP contribution in [0.2, 0.25) is 0 Å². The number of carbonyl (C=O) groups excluding carboxylic acids is 1. The number of hydrogen-bond acceptors (Lipinski definition) is 3. The van der Waals surface area contributed by atoms with Crippen LogP contribution in [-0.2, 0) is 14.8 Å². The molecule has 0 aliphatic carbocycles. The van der Waals surface area contributed by atoms with E-state index in [1.165, 1.54) is 0 Å². The molecule has 1 fully saturated rings. The molecule has 118 valence electrons. The average molecular weight is 325 g/mol. The van der Waals surface area contributed by atoms with E-state index in [0.29, 0.717) is 38.2 Å². The lowest BCUT2D eigenvalue weighted by atomic mass is 10.1. The third-order valence-corrected chi connectivity index (χ3v) is 5.73. The van der Waals surface area contributed by atoms with E-state index in [1.807, 2.05) is 13.8 Å². The predicted molar refractivity (Wildman–Crippen MR) is 81.3 cm³/mol. The Hall–Kier alpha value is -0.330. The van der Waals surface area contributed by atoms with Gasteiger partial charge in [-0.3, -0.25) is 4.79 Å². The van der Waals surface area contributed by atoms with Crippen LogP contribution in [0.4, 0.5) is 0 Å². The van der Waals surface area contributed by atoms with Crippen LogP contribution < -0.4 is 5.32 Å². The molecule has 0 aromatic carbocycles. The Balaban J connectivity index is 2.39. The third-order valence-electron chi connectivity index (χ3n) is 3.50. The van der Waals surface area contributed by atoms with Gasteiger partial charge in [-0.25, -0.2) is 12.7 Å². The summed E-state index contributed by atoms with van der Waals surface area (Å²) in [6, 6.07) is 0.0965. The number of nitrogens with one attached hydrogen (secondary N) is 1. The quantitative estimate of drug-likeness (QED) is 0.571. The number of hydrogen-bond donors (Lipinski definition) is 1. The molecule has 0 spiro atoms. The fourth-order valence-corrected chi connectivity index (χ4v) is 3.94. The summed E-state index contributed by atoms with van der Waals surface area (Å²) in [6.45, 7) is 4.69. The molecule has 1 N–H and O–H groups in total. The van der Waals surface area contributed by atoms with Crippen molar-refractivity contribution >= 4 is 27.5 Å². The first-order valence-corrected chi connectivity index (χ1v) is 9.35. The van der Waals surface area contributed by atoms with E-state index in [4.69, 9.17) is 11.6 Å². The number of sulfonamides is 1. The molecule has 1 heterocycles. The lowest BCUT2D eigenvalue weighted by molar-refractivity contribution is -0.124. The van der Waals surface area contributed by atoms with Crippen LogP contribution in [0.5, 0.6) is 0 Å². The Kier molecular flexibility index (Phi) is 7.26. The van der Waals surface area contributed by atoms with Crippen LogP contribution in [0.25, 0.3) is 0 Å². The van der Waals surface area contributed by atoms with Crippen molar-refractivity contribution in [1.29, 1.82) is 0 Å². The van der Waals surface area contributed by atoms with Crippen LogP contribution in [0.3, 0.4) is 0 Å². The molecule has 0 saturated carbocycles. The van der Waals surface area contributed by atoms with Crippen molar-refractivity contribution < 1.29 is 13.2 Å². The molecular weight excluding hydrogens is 300 g/mol. The Bertz CT molecular complexity index is 404. The first kappa shape index (κ1) is 17.7. The van der Waals surface area contributed by atoms with Crippen molar-refractivity contribution in [2.45, 2.75) is 45.6 Å². The number of alkyl halides is 1. The zero-order chi connectivity index (χ0) is 15.2. The summed E-state index contributed by atoms with van der Waals surface area (Å²) in [4.78, 5) is 11.6. The van der Waals surface area contributed by atoms with E-state index in [-0.39, 0.29) is 23.6 Å². The number of piperidine rings is 1. The molecule has 1 saturated heterocycles. The molecule has 0 atom stereocenters. The summed E-state index contributed by atoms with van der Waals surface area (Å²) in [5.41, 5.74) is 0. The highest BCUT2D eigenvalue weighted by Gasteiger charge is 2.28. The standard InChI is InChI=1S/C13H25ClN2O3S/c1-11(2)13(17)15-12-5-8-16(9-6-12)20(18,19)10-4-3-7-14/h11-12H,3-10H2,1-2H3,(H,15,17). The molecule has 1 aliphatic rings. The van der Waals surface area contributed by atoms with Gasteiger partial charge in [0, 0.05) is 30.9 Å². The highest BCUT2D eigenvalue weighted by atomic mass is 35.5. The van der Waals surface area contributed by atoms with Gasteiger partial charge in [-0.15, -0.1) is 11.6 Å². The van der Waals surface area contributed by atoms with E-state index in [9.17, 15) is 13.2 Å². The van der Waals surface area contributed by atoms with Crippen LogP contribution in [-0.4, -0.2) is 49.4 Å². The molecule has 7 heteroatoms. The molecule has 0 bridgehead atoms. The number of carbonyl (C=O) groups is 1. The van der Waals surface area contributed by atoms with Gasteiger partial charge in [0.25, 0.3) is 0 Å². The molecule has 5 nitrogen and oxygen atoms in total. The summed E-state index contributed by atoms with van der Waals surface area (Å²) in [5, 5.41) is 2.96. The third kappa shape index (κ3) is 5.58. The molecule has 1 rings (SSSR count). The van der Waals surface area contributed by atoms with E-state index >= 15 is 0 Å². The number of halogens is 1. The van der Waals surface area contributed by atoms with E-state index in [1.54, 1.807) is 4.31 Å². The maximum Gasteiger partial charge on any atom is 0.222 e. The fourth-order valence-electron chi connectivity index (χ4n) is 2.15. The van der Waals surface area contributed by atoms with Crippen LogP contribution in [0, 0.1) is 5.92 Å². The minimum atomic E-state index is -3.16. The summed E-state index contributed by atoms with van der Waals surface area (Å²) in [5.74, 6) is 0.669. The average Bonchev–Trinajstić information content (AvgIpc) is 2.39. The lowest BCUT2D eigenvalue weighted by Gasteiger charge is -2.32. The van der Waals surface area contributed by atoms with Gasteiger partial charge in [0.2, 0.25) is 15.9 Å². The Morgan fingerprint density at radius 3 is 2.40 bits per heavy atom. The number of amides is 1. The Labute approximate surface area is 127 Å². The number of nitrogens with zero attached hydrogens (tertiary/aromatic N) is 1. The second-order valence-electron chi connectivity index (χ2n) is 5.55. The van der Waals surface area contributed by atoms with Crippen molar-refractivity contribution in [2.75, 3.05) is 24.7 Å². The predicted octanol–water partition coefficient (Wildman–Crippen LogP) is 1.57. The van der Waals surface area contributed by atoms with Crippen molar-refractivity contribution in [1.82, 2.24) is 9.62 Å². The van der Waals surface area contributed by atoms with Crippen molar-refractivity contribution in [3.63, 3.8) is 0 Å². The van der Waals surface area contributed by atoms with Crippen molar-refractivity contribution in [3.8, 4) is 0 Å². The molecule has 0 aromatic rings. The minimum Gasteiger partial charge on any atom is -0.353 e. The molecule has 0 radical (unpaired) electrons. The highest BCUT2D eigenvalue weighted by molar-refractivity contribution is 7.89. The smallest absolute Gasteiger partial charge is 0.222 e. The van der Waals surface area contributed by atoms with Crippen molar-refractivity contribution in [3.05, 3.63) is 0 Å². The van der Waals surface area contributed by atoms with Gasteiger partial charge >= 0.3 is 0 Å². The summed E-state index contributed by atoms with van der Waals surface area (Å²) >= 11 is 5.56. The van der Waals surface area contributed by atoms with Gasteiger partial charge in [0.1, 0.15) is 0 Å². The lowest BCUT2D eigenvalue weighted by Crippen LogP contribution is -2.47. The van der Waals surface area contributed by atoms with Crippen LogP contribution in [0.1, 0.15) is 39.5 Å². The summed E-state index contributed by atoms with van der Waals surface area (Å²) in [7, 11) is -3.16. The SMILES string of the molecule is CC(C)C(=O)NC1CCN(S(=O)(=O)CCCCCl)CC1. The Morgan fingerprint density at radius 2 is 1.90 bits per heavy atom. The second-order valence-corrected chi connectivity index (χ2v) is 8.02. The molecule has 0 unspecified atom stereocenters. The fraction of sp³-hybridized carbons (Fsp3) is 0.923. The molecule has 20 heavy (non-hydrogen) atoms. The molecule has 1 aliphatic heterocycles. The molecule has 1 amide bonds. The largest absolute Gasteiger partial charge is 0.353 e. The highest BCUT2D eigenvalue weighted by Crippen LogP contribution is 2.16. The summed E-state index contributed by atoms with van der Waals surface area (Å²) in [6.07, 6.45) is 2.71. The maximum atomic E-state index is 12.1. The number of unbranched alkanes of at least 4 members (excludes halogenated alkanes) is 1. The second kappa shape index (κ2) is 8.20. The van der Waals surface area contributed by atoms with Crippen LogP contribution >= 0.6 is 11.6 Å². The zero-order valence-electron chi connectivity index (χ0n) is 12.3. The van der Waals surface area contributed by atoms with E-state index < -0.39 is 10.0 Å². The molecular formula is C13H25ClN2O3S. The monoisotopic (exact) mass is 324 g/mol. The van der Waals surface area contributed by atoms with Crippen LogP contribution in [0.15, 0.2) is 0 Å². The summed E-state index contributed by atoms with van der Waals surface area (Å²) < 4.78 is 25.7. The maximum absolute atomic E-state index is 12.1. The van der Waals surface area contributed by atoms with Gasteiger partial charge < -0.3 is 5.32 Å². The van der Waals surface area contributed by atoms with E-state index in [0.717, 1.165) is 6.42 Å². The van der Waals surface area contributed by atoms with Gasteiger partial charge in [0.05, 0.1) is 5.75 Å². The zero-order valence-corrected chi connectivity index (χ0v) is 13.8. The molecule has 0 aromatic heterocycles. The van der Waals surface area contributed by atoms with Gasteiger partial charge in [-0.2, -0.15) is 0 Å². The topological polar surface area (TPSA) is 66.5 Å². The van der Waals surface area contributed by atoms with Gasteiger partial charge in [-0.05, 0) is 25.7 Å². The normalized spacial score (nSPS) is 18.4. The minimum absolute atomic E-state index is 0.0349. The Morgan fingerprint density at radius 1 is 1.30 bits per heavy atom. The first-order valence-electron chi connectivity index (χ1n) is 7.21. The van der Waals surface area contributed by atoms with Gasteiger partial charge in [0.15, 0.2) is 0 Å². The number of rotatable bonds is 7. The van der Waals surface area contributed by atoms with Gasteiger partial charge in [-0.1, -0.05) is 13.8 Å². The van der Waals surface area contributed by atoms with E-state index in [2.05, 4.69) is 5.32 Å². The first-order chi connectivity index (χ1) is 9.36.